The van der Waals surface area contributed by atoms with Gasteiger partial charge in [-0.1, -0.05) is 25.0 Å². The van der Waals surface area contributed by atoms with E-state index in [4.69, 9.17) is 19.2 Å². The van der Waals surface area contributed by atoms with Crippen LogP contribution in [0.5, 0.6) is 17.2 Å². The predicted molar refractivity (Wildman–Crippen MR) is 137 cm³/mol. The van der Waals surface area contributed by atoms with Gasteiger partial charge in [-0.05, 0) is 37.1 Å². The van der Waals surface area contributed by atoms with Crippen LogP contribution in [0.2, 0.25) is 0 Å². The summed E-state index contributed by atoms with van der Waals surface area (Å²) in [5.74, 6) is 1.87. The Balaban J connectivity index is 1.48. The van der Waals surface area contributed by atoms with Gasteiger partial charge in [0.2, 0.25) is 11.7 Å². The average molecular weight is 495 g/mol. The molecule has 3 aromatic rings. The highest BCUT2D eigenvalue weighted by atomic mass is 16.5. The van der Waals surface area contributed by atoms with E-state index in [0.29, 0.717) is 35.8 Å². The van der Waals surface area contributed by atoms with Crippen molar-refractivity contribution in [2.24, 2.45) is 0 Å². The Morgan fingerprint density at radius 1 is 0.944 bits per heavy atom. The number of benzene rings is 2. The van der Waals surface area contributed by atoms with Gasteiger partial charge < -0.3 is 29.0 Å². The molecule has 2 heterocycles. The topological polar surface area (TPSA) is 94.9 Å². The highest BCUT2D eigenvalue weighted by Gasteiger charge is 2.20. The number of para-hydroxylation sites is 2. The van der Waals surface area contributed by atoms with Crippen LogP contribution < -0.4 is 19.5 Å². The lowest BCUT2D eigenvalue weighted by Crippen LogP contribution is -2.35. The monoisotopic (exact) mass is 494 g/mol. The summed E-state index contributed by atoms with van der Waals surface area (Å²) < 4.78 is 18.0. The fraction of sp³-hybridized carbons (Fsp3) is 0.444. The predicted octanol–water partition coefficient (Wildman–Crippen LogP) is 3.44. The zero-order valence-corrected chi connectivity index (χ0v) is 21.2. The van der Waals surface area contributed by atoms with Crippen LogP contribution in [-0.4, -0.2) is 67.2 Å². The van der Waals surface area contributed by atoms with E-state index in [-0.39, 0.29) is 18.4 Å². The first-order valence-corrected chi connectivity index (χ1v) is 12.4. The molecule has 1 aliphatic rings. The van der Waals surface area contributed by atoms with Crippen molar-refractivity contribution in [3.63, 3.8) is 0 Å². The van der Waals surface area contributed by atoms with Crippen LogP contribution in [-0.2, 0) is 17.8 Å². The van der Waals surface area contributed by atoms with Gasteiger partial charge in [-0.3, -0.25) is 9.59 Å². The molecule has 36 heavy (non-hydrogen) atoms. The number of nitrogens with zero attached hydrogens (tertiary/aromatic N) is 3. The number of rotatable bonds is 9. The molecule has 9 heteroatoms. The van der Waals surface area contributed by atoms with Gasteiger partial charge in [-0.25, -0.2) is 4.98 Å². The maximum atomic E-state index is 13.1. The van der Waals surface area contributed by atoms with Gasteiger partial charge in [0.1, 0.15) is 12.4 Å². The highest BCUT2D eigenvalue weighted by Crippen LogP contribution is 2.38. The molecule has 1 saturated heterocycles. The molecule has 0 radical (unpaired) electrons. The van der Waals surface area contributed by atoms with Gasteiger partial charge in [0.15, 0.2) is 11.5 Å². The summed E-state index contributed by atoms with van der Waals surface area (Å²) in [5.41, 5.74) is 2.16. The van der Waals surface area contributed by atoms with Gasteiger partial charge in [-0.15, -0.1) is 0 Å². The summed E-state index contributed by atoms with van der Waals surface area (Å²) in [5, 5.41) is 2.94. The Bertz CT molecular complexity index is 1190. The van der Waals surface area contributed by atoms with Gasteiger partial charge in [0.25, 0.3) is 5.91 Å². The van der Waals surface area contributed by atoms with Crippen molar-refractivity contribution in [2.75, 3.05) is 41.0 Å². The summed E-state index contributed by atoms with van der Waals surface area (Å²) >= 11 is 0. The number of hydrogen-bond acceptors (Lipinski definition) is 6. The first-order valence-electron chi connectivity index (χ1n) is 12.4. The normalized spacial score (nSPS) is 13.8. The fourth-order valence-corrected chi connectivity index (χ4v) is 4.65. The van der Waals surface area contributed by atoms with Crippen molar-refractivity contribution < 1.29 is 23.8 Å². The number of methoxy groups -OCH3 is 3. The number of carbonyl (C=O) groups excluding carboxylic acids is 2. The number of fused-ring (bicyclic) bond motifs is 1. The van der Waals surface area contributed by atoms with Crippen molar-refractivity contribution in [1.82, 2.24) is 19.8 Å². The van der Waals surface area contributed by atoms with Crippen LogP contribution in [0.1, 0.15) is 41.9 Å². The highest BCUT2D eigenvalue weighted by molar-refractivity contribution is 5.95. The van der Waals surface area contributed by atoms with E-state index in [2.05, 4.69) is 5.32 Å². The van der Waals surface area contributed by atoms with Gasteiger partial charge in [-0.2, -0.15) is 0 Å². The first kappa shape index (κ1) is 25.3. The van der Waals surface area contributed by atoms with Crippen LogP contribution >= 0.6 is 0 Å². The minimum atomic E-state index is -0.266. The zero-order chi connectivity index (χ0) is 25.5. The Morgan fingerprint density at radius 3 is 2.25 bits per heavy atom. The van der Waals surface area contributed by atoms with Crippen LogP contribution in [0.4, 0.5) is 0 Å². The summed E-state index contributed by atoms with van der Waals surface area (Å²) in [7, 11) is 4.54. The van der Waals surface area contributed by atoms with E-state index in [9.17, 15) is 9.59 Å². The molecule has 0 atom stereocenters. The number of carbonyl (C=O) groups is 2. The second-order valence-electron chi connectivity index (χ2n) is 8.82. The molecule has 1 fully saturated rings. The van der Waals surface area contributed by atoms with Crippen molar-refractivity contribution >= 4 is 22.8 Å². The van der Waals surface area contributed by atoms with E-state index in [0.717, 1.165) is 42.8 Å². The SMILES string of the molecule is COc1cc(C(=O)NCCc2nc3ccccc3n2CC(=O)N2CCCCCC2)cc(OC)c1OC. The largest absolute Gasteiger partial charge is 0.493 e. The summed E-state index contributed by atoms with van der Waals surface area (Å²) in [4.78, 5) is 32.8. The number of amides is 2. The number of ether oxygens (including phenoxy) is 3. The molecule has 0 spiro atoms. The number of nitrogens with one attached hydrogen (secondary N) is 1. The maximum Gasteiger partial charge on any atom is 0.251 e. The lowest BCUT2D eigenvalue weighted by Gasteiger charge is -2.21. The third-order valence-corrected chi connectivity index (χ3v) is 6.55. The molecule has 2 aromatic carbocycles. The minimum absolute atomic E-state index is 0.114. The Hall–Kier alpha value is -3.75. The molecule has 1 aromatic heterocycles. The molecule has 1 N–H and O–H groups in total. The van der Waals surface area contributed by atoms with Gasteiger partial charge in [0.05, 0.1) is 32.4 Å². The van der Waals surface area contributed by atoms with Crippen LogP contribution in [0.25, 0.3) is 11.0 Å². The van der Waals surface area contributed by atoms with Crippen molar-refractivity contribution in [3.8, 4) is 17.2 Å². The first-order chi connectivity index (χ1) is 17.5. The van der Waals surface area contributed by atoms with Gasteiger partial charge in [0, 0.05) is 31.6 Å². The van der Waals surface area contributed by atoms with Crippen molar-refractivity contribution in [2.45, 2.75) is 38.6 Å². The molecule has 0 aliphatic carbocycles. The summed E-state index contributed by atoms with van der Waals surface area (Å²) in [6.45, 7) is 2.23. The second-order valence-corrected chi connectivity index (χ2v) is 8.82. The molecule has 0 bridgehead atoms. The number of imidazole rings is 1. The Labute approximate surface area is 211 Å². The summed E-state index contributed by atoms with van der Waals surface area (Å²) in [6.07, 6.45) is 4.94. The lowest BCUT2D eigenvalue weighted by molar-refractivity contribution is -0.131. The number of hydrogen-bond donors (Lipinski definition) is 1. The summed E-state index contributed by atoms with van der Waals surface area (Å²) in [6, 6.07) is 11.0. The third kappa shape index (κ3) is 5.56. The van der Waals surface area contributed by atoms with E-state index < -0.39 is 0 Å². The molecule has 0 saturated carbocycles. The molecular weight excluding hydrogens is 460 g/mol. The van der Waals surface area contributed by atoms with E-state index in [1.165, 1.54) is 34.2 Å². The Kier molecular flexibility index (Phi) is 8.30. The quantitative estimate of drug-likeness (QED) is 0.490. The van der Waals surface area contributed by atoms with Crippen molar-refractivity contribution in [3.05, 3.63) is 47.8 Å². The van der Waals surface area contributed by atoms with Crippen molar-refractivity contribution in [1.29, 1.82) is 0 Å². The molecule has 4 rings (SSSR count). The molecule has 192 valence electrons. The average Bonchev–Trinajstić information content (AvgIpc) is 3.06. The number of aromatic nitrogens is 2. The zero-order valence-electron chi connectivity index (χ0n) is 21.2. The fourth-order valence-electron chi connectivity index (χ4n) is 4.65. The smallest absolute Gasteiger partial charge is 0.251 e. The molecule has 1 aliphatic heterocycles. The minimum Gasteiger partial charge on any atom is -0.493 e. The molecule has 9 nitrogen and oxygen atoms in total. The number of likely N-dealkylation sites (tertiary alicyclic amines) is 1. The maximum absolute atomic E-state index is 13.1. The standard InChI is InChI=1S/C27H34N4O5/c1-34-22-16-19(17-23(35-2)26(22)36-3)27(33)28-13-12-24-29-20-10-6-7-11-21(20)31(24)18-25(32)30-14-8-4-5-9-15-30/h6-7,10-11,16-17H,4-5,8-9,12-15,18H2,1-3H3,(H,28,33). The molecule has 2 amide bonds. The van der Waals surface area contributed by atoms with Gasteiger partial charge >= 0.3 is 0 Å². The molecule has 0 unspecified atom stereocenters. The third-order valence-electron chi connectivity index (χ3n) is 6.55. The van der Waals surface area contributed by atoms with E-state index >= 15 is 0 Å². The second kappa shape index (κ2) is 11.8. The van der Waals surface area contributed by atoms with E-state index in [1.54, 1.807) is 12.1 Å². The molecular formula is C27H34N4O5. The Morgan fingerprint density at radius 2 is 1.61 bits per heavy atom. The lowest BCUT2D eigenvalue weighted by atomic mass is 10.1. The van der Waals surface area contributed by atoms with E-state index in [1.807, 2.05) is 33.7 Å². The van der Waals surface area contributed by atoms with Crippen LogP contribution in [0, 0.1) is 0 Å². The van der Waals surface area contributed by atoms with Crippen LogP contribution in [0.15, 0.2) is 36.4 Å². The van der Waals surface area contributed by atoms with Crippen LogP contribution in [0.3, 0.4) is 0 Å².